The average molecular weight is 256 g/mol. The molecule has 0 atom stereocenters. The third-order valence-electron chi connectivity index (χ3n) is 2.17. The number of benzene rings is 1. The van der Waals surface area contributed by atoms with Crippen molar-refractivity contribution in [3.63, 3.8) is 0 Å². The SMILES string of the molecule is CC(C)CS(=O)(=O)c1cccc(CC(=O)O)c1. The van der Waals surface area contributed by atoms with Gasteiger partial charge in [-0.15, -0.1) is 0 Å². The van der Waals surface area contributed by atoms with E-state index in [1.165, 1.54) is 12.1 Å². The zero-order chi connectivity index (χ0) is 13.1. The Hall–Kier alpha value is -1.36. The molecule has 1 aromatic carbocycles. The van der Waals surface area contributed by atoms with Gasteiger partial charge in [0, 0.05) is 0 Å². The van der Waals surface area contributed by atoms with E-state index in [0.29, 0.717) is 5.56 Å². The average Bonchev–Trinajstić information content (AvgIpc) is 2.15. The third-order valence-corrected chi connectivity index (χ3v) is 4.24. The molecule has 0 bridgehead atoms. The molecular formula is C12H16O4S. The van der Waals surface area contributed by atoms with E-state index >= 15 is 0 Å². The molecule has 94 valence electrons. The van der Waals surface area contributed by atoms with Gasteiger partial charge in [-0.3, -0.25) is 4.79 Å². The Morgan fingerprint density at radius 2 is 2.00 bits per heavy atom. The van der Waals surface area contributed by atoms with Crippen LogP contribution in [0.15, 0.2) is 29.2 Å². The molecule has 1 aromatic rings. The van der Waals surface area contributed by atoms with Crippen LogP contribution in [-0.2, 0) is 21.1 Å². The van der Waals surface area contributed by atoms with Crippen molar-refractivity contribution in [3.8, 4) is 0 Å². The predicted octanol–water partition coefficient (Wildman–Crippen LogP) is 1.74. The molecule has 0 amide bonds. The first-order valence-electron chi connectivity index (χ1n) is 5.35. The number of hydrogen-bond donors (Lipinski definition) is 1. The lowest BCUT2D eigenvalue weighted by molar-refractivity contribution is -0.136. The number of sulfone groups is 1. The summed E-state index contributed by atoms with van der Waals surface area (Å²) in [6.45, 7) is 3.66. The molecule has 0 heterocycles. The molecule has 17 heavy (non-hydrogen) atoms. The van der Waals surface area contributed by atoms with Crippen LogP contribution in [0.4, 0.5) is 0 Å². The van der Waals surface area contributed by atoms with Gasteiger partial charge in [-0.1, -0.05) is 26.0 Å². The molecule has 0 aliphatic carbocycles. The molecule has 0 unspecified atom stereocenters. The van der Waals surface area contributed by atoms with Gasteiger partial charge >= 0.3 is 5.97 Å². The van der Waals surface area contributed by atoms with E-state index in [-0.39, 0.29) is 23.0 Å². The zero-order valence-electron chi connectivity index (χ0n) is 9.88. The van der Waals surface area contributed by atoms with Gasteiger partial charge in [0.1, 0.15) is 0 Å². The van der Waals surface area contributed by atoms with Crippen molar-refractivity contribution in [2.45, 2.75) is 25.2 Å². The summed E-state index contributed by atoms with van der Waals surface area (Å²) >= 11 is 0. The molecule has 1 N–H and O–H groups in total. The van der Waals surface area contributed by atoms with Crippen LogP contribution >= 0.6 is 0 Å². The van der Waals surface area contributed by atoms with E-state index in [0.717, 1.165) is 0 Å². The van der Waals surface area contributed by atoms with Gasteiger partial charge in [-0.2, -0.15) is 0 Å². The normalized spacial score (nSPS) is 11.7. The molecule has 0 radical (unpaired) electrons. The molecule has 4 nitrogen and oxygen atoms in total. The fraction of sp³-hybridized carbons (Fsp3) is 0.417. The minimum absolute atomic E-state index is 0.0446. The zero-order valence-corrected chi connectivity index (χ0v) is 10.7. The van der Waals surface area contributed by atoms with Crippen molar-refractivity contribution in [1.29, 1.82) is 0 Å². The first-order chi connectivity index (χ1) is 7.81. The highest BCUT2D eigenvalue weighted by Gasteiger charge is 2.16. The lowest BCUT2D eigenvalue weighted by atomic mass is 10.2. The number of rotatable bonds is 5. The third kappa shape index (κ3) is 4.19. The van der Waals surface area contributed by atoms with Gasteiger partial charge in [-0.05, 0) is 23.6 Å². The maximum absolute atomic E-state index is 11.9. The van der Waals surface area contributed by atoms with E-state index in [1.807, 2.05) is 13.8 Å². The quantitative estimate of drug-likeness (QED) is 0.871. The topological polar surface area (TPSA) is 71.4 Å². The van der Waals surface area contributed by atoms with E-state index in [2.05, 4.69) is 0 Å². The summed E-state index contributed by atoms with van der Waals surface area (Å²) in [5.41, 5.74) is 0.502. The van der Waals surface area contributed by atoms with Gasteiger partial charge < -0.3 is 5.11 Å². The highest BCUT2D eigenvalue weighted by Crippen LogP contribution is 2.16. The number of carboxylic acid groups (broad SMARTS) is 1. The second-order valence-electron chi connectivity index (χ2n) is 4.39. The monoisotopic (exact) mass is 256 g/mol. The Morgan fingerprint density at radius 1 is 1.35 bits per heavy atom. The molecule has 0 saturated carbocycles. The highest BCUT2D eigenvalue weighted by molar-refractivity contribution is 7.91. The maximum Gasteiger partial charge on any atom is 0.307 e. The lowest BCUT2D eigenvalue weighted by Crippen LogP contribution is -2.12. The van der Waals surface area contributed by atoms with Crippen molar-refractivity contribution in [2.75, 3.05) is 5.75 Å². The Bertz CT molecular complexity index is 503. The molecule has 0 fully saturated rings. The molecule has 0 aliphatic rings. The van der Waals surface area contributed by atoms with Crippen molar-refractivity contribution in [2.24, 2.45) is 5.92 Å². The fourth-order valence-electron chi connectivity index (χ4n) is 1.56. The van der Waals surface area contributed by atoms with Gasteiger partial charge in [0.2, 0.25) is 0 Å². The van der Waals surface area contributed by atoms with E-state index in [9.17, 15) is 13.2 Å². The summed E-state index contributed by atoms with van der Waals surface area (Å²) in [7, 11) is -3.31. The second kappa shape index (κ2) is 5.31. The molecule has 0 aliphatic heterocycles. The number of carboxylic acids is 1. The van der Waals surface area contributed by atoms with Crippen LogP contribution in [0.2, 0.25) is 0 Å². The first kappa shape index (κ1) is 13.7. The summed E-state index contributed by atoms with van der Waals surface area (Å²) in [5.74, 6) is -0.852. The largest absolute Gasteiger partial charge is 0.481 e. The maximum atomic E-state index is 11.9. The number of aliphatic carboxylic acids is 1. The Kier molecular flexibility index (Phi) is 4.28. The number of carbonyl (C=O) groups is 1. The van der Waals surface area contributed by atoms with Gasteiger partial charge in [0.25, 0.3) is 0 Å². The Labute approximate surface area is 101 Å². The summed E-state index contributed by atoms with van der Waals surface area (Å²) in [6, 6.07) is 6.13. The van der Waals surface area contributed by atoms with Gasteiger partial charge in [0.15, 0.2) is 9.84 Å². The van der Waals surface area contributed by atoms with Crippen LogP contribution in [0, 0.1) is 5.92 Å². The van der Waals surface area contributed by atoms with Crippen LogP contribution < -0.4 is 0 Å². The molecule has 0 aromatic heterocycles. The predicted molar refractivity (Wildman–Crippen MR) is 64.7 cm³/mol. The van der Waals surface area contributed by atoms with Crippen LogP contribution in [0.5, 0.6) is 0 Å². The van der Waals surface area contributed by atoms with Crippen LogP contribution in [0.25, 0.3) is 0 Å². The van der Waals surface area contributed by atoms with Crippen molar-refractivity contribution >= 4 is 15.8 Å². The van der Waals surface area contributed by atoms with Crippen LogP contribution in [0.1, 0.15) is 19.4 Å². The summed E-state index contributed by atoms with van der Waals surface area (Å²) in [5, 5.41) is 8.66. The summed E-state index contributed by atoms with van der Waals surface area (Å²) in [6.07, 6.45) is -0.162. The van der Waals surface area contributed by atoms with Gasteiger partial charge in [-0.25, -0.2) is 8.42 Å². The van der Waals surface area contributed by atoms with Crippen molar-refractivity contribution < 1.29 is 18.3 Å². The van der Waals surface area contributed by atoms with Crippen LogP contribution in [-0.4, -0.2) is 25.2 Å². The minimum atomic E-state index is -3.31. The standard InChI is InChI=1S/C12H16O4S/c1-9(2)8-17(15,16)11-5-3-4-10(6-11)7-12(13)14/h3-6,9H,7-8H2,1-2H3,(H,13,14). The molecule has 1 rings (SSSR count). The van der Waals surface area contributed by atoms with Gasteiger partial charge in [0.05, 0.1) is 17.1 Å². The second-order valence-corrected chi connectivity index (χ2v) is 6.43. The Morgan fingerprint density at radius 3 is 2.53 bits per heavy atom. The molecule has 0 saturated heterocycles. The molecule has 5 heteroatoms. The number of hydrogen-bond acceptors (Lipinski definition) is 3. The van der Waals surface area contributed by atoms with Crippen LogP contribution in [0.3, 0.4) is 0 Å². The first-order valence-corrected chi connectivity index (χ1v) is 7.00. The van der Waals surface area contributed by atoms with Crippen molar-refractivity contribution in [1.82, 2.24) is 0 Å². The molecule has 0 spiro atoms. The lowest BCUT2D eigenvalue weighted by Gasteiger charge is -2.08. The summed E-state index contributed by atoms with van der Waals surface area (Å²) < 4.78 is 23.9. The highest BCUT2D eigenvalue weighted by atomic mass is 32.2. The minimum Gasteiger partial charge on any atom is -0.481 e. The smallest absolute Gasteiger partial charge is 0.307 e. The fourth-order valence-corrected chi connectivity index (χ4v) is 3.25. The van der Waals surface area contributed by atoms with Crippen molar-refractivity contribution in [3.05, 3.63) is 29.8 Å². The van der Waals surface area contributed by atoms with E-state index in [1.54, 1.807) is 12.1 Å². The van der Waals surface area contributed by atoms with E-state index < -0.39 is 15.8 Å². The Balaban J connectivity index is 3.03. The molecular weight excluding hydrogens is 240 g/mol. The summed E-state index contributed by atoms with van der Waals surface area (Å²) in [4.78, 5) is 10.8. The van der Waals surface area contributed by atoms with E-state index in [4.69, 9.17) is 5.11 Å².